The molecule has 0 bridgehead atoms. The molecular formula is C18H15BrN2O3S. The van der Waals surface area contributed by atoms with Gasteiger partial charge in [0.25, 0.3) is 11.1 Å². The molecule has 7 heteroatoms. The summed E-state index contributed by atoms with van der Waals surface area (Å²) in [5.41, 5.74) is 1.77. The van der Waals surface area contributed by atoms with Crippen LogP contribution in [0.3, 0.4) is 0 Å². The summed E-state index contributed by atoms with van der Waals surface area (Å²) in [6.45, 7) is 2.19. The fourth-order valence-corrected chi connectivity index (χ4v) is 2.99. The first-order valence-corrected chi connectivity index (χ1v) is 9.31. The van der Waals surface area contributed by atoms with E-state index in [0.29, 0.717) is 16.7 Å². The van der Waals surface area contributed by atoms with Gasteiger partial charge in [0, 0.05) is 10.0 Å². The molecule has 0 aliphatic heterocycles. The summed E-state index contributed by atoms with van der Waals surface area (Å²) in [7, 11) is 0. The molecule has 3 aromatic rings. The fraction of sp³-hybridized carbons (Fsp3) is 0.167. The van der Waals surface area contributed by atoms with Gasteiger partial charge >= 0.3 is 0 Å². The Morgan fingerprint density at radius 3 is 2.76 bits per heavy atom. The molecule has 3 rings (SSSR count). The Balaban J connectivity index is 1.51. The zero-order valence-electron chi connectivity index (χ0n) is 13.4. The van der Waals surface area contributed by atoms with Crippen LogP contribution in [0.2, 0.25) is 0 Å². The third-order valence-electron chi connectivity index (χ3n) is 3.29. The lowest BCUT2D eigenvalue weighted by molar-refractivity contribution is 0.102. The minimum atomic E-state index is 0.00765. The van der Waals surface area contributed by atoms with Crippen LogP contribution in [-0.2, 0) is 6.61 Å². The SMILES string of the molecule is Cc1cccc(OCc2nnc(SCC(=O)c3ccc(Br)cc3)o2)c1. The van der Waals surface area contributed by atoms with Crippen molar-refractivity contribution in [3.63, 3.8) is 0 Å². The molecule has 1 heterocycles. The maximum atomic E-state index is 12.1. The van der Waals surface area contributed by atoms with Crippen LogP contribution in [0.1, 0.15) is 21.8 Å². The van der Waals surface area contributed by atoms with E-state index in [-0.39, 0.29) is 18.1 Å². The minimum absolute atomic E-state index is 0.00765. The lowest BCUT2D eigenvalue weighted by Gasteiger charge is -2.03. The van der Waals surface area contributed by atoms with Gasteiger partial charge in [0.05, 0.1) is 5.75 Å². The van der Waals surface area contributed by atoms with Gasteiger partial charge in [0.1, 0.15) is 5.75 Å². The topological polar surface area (TPSA) is 65.2 Å². The minimum Gasteiger partial charge on any atom is -0.484 e. The third kappa shape index (κ3) is 5.17. The first-order valence-electron chi connectivity index (χ1n) is 7.53. The third-order valence-corrected chi connectivity index (χ3v) is 4.64. The van der Waals surface area contributed by atoms with Crippen LogP contribution in [0.4, 0.5) is 0 Å². The molecule has 0 radical (unpaired) electrons. The lowest BCUT2D eigenvalue weighted by Crippen LogP contribution is -2.01. The number of carbonyl (C=O) groups is 1. The predicted molar refractivity (Wildman–Crippen MR) is 99.0 cm³/mol. The Bertz CT molecular complexity index is 865. The van der Waals surface area contributed by atoms with Crippen molar-refractivity contribution in [2.75, 3.05) is 5.75 Å². The average Bonchev–Trinajstić information content (AvgIpc) is 3.06. The molecule has 0 N–H and O–H groups in total. The number of Topliss-reactive ketones (excluding diaryl/α,β-unsaturated/α-hetero) is 1. The standard InChI is InChI=1S/C18H15BrN2O3S/c1-12-3-2-4-15(9-12)23-10-17-20-21-18(24-17)25-11-16(22)13-5-7-14(19)8-6-13/h2-9H,10-11H2,1H3. The first-order chi connectivity index (χ1) is 12.1. The number of nitrogens with zero attached hydrogens (tertiary/aromatic N) is 2. The van der Waals surface area contributed by atoms with Gasteiger partial charge in [0.2, 0.25) is 0 Å². The molecule has 2 aromatic carbocycles. The van der Waals surface area contributed by atoms with E-state index in [1.807, 2.05) is 43.3 Å². The van der Waals surface area contributed by atoms with Gasteiger partial charge in [-0.1, -0.05) is 52.0 Å². The summed E-state index contributed by atoms with van der Waals surface area (Å²) in [5, 5.41) is 8.22. The van der Waals surface area contributed by atoms with Gasteiger partial charge in [-0.15, -0.1) is 10.2 Å². The van der Waals surface area contributed by atoms with Crippen molar-refractivity contribution in [1.29, 1.82) is 0 Å². The molecule has 25 heavy (non-hydrogen) atoms. The van der Waals surface area contributed by atoms with Crippen molar-refractivity contribution in [2.24, 2.45) is 0 Å². The summed E-state index contributed by atoms with van der Waals surface area (Å²) in [4.78, 5) is 12.1. The maximum Gasteiger partial charge on any atom is 0.277 e. The Morgan fingerprint density at radius 2 is 2.00 bits per heavy atom. The number of aromatic nitrogens is 2. The second-order valence-corrected chi connectivity index (χ2v) is 7.13. The number of hydrogen-bond donors (Lipinski definition) is 0. The average molecular weight is 419 g/mol. The second kappa shape index (κ2) is 8.31. The van der Waals surface area contributed by atoms with Gasteiger partial charge < -0.3 is 9.15 Å². The van der Waals surface area contributed by atoms with E-state index in [2.05, 4.69) is 26.1 Å². The highest BCUT2D eigenvalue weighted by atomic mass is 79.9. The highest BCUT2D eigenvalue weighted by Crippen LogP contribution is 2.20. The number of ether oxygens (including phenoxy) is 1. The van der Waals surface area contributed by atoms with Crippen LogP contribution >= 0.6 is 27.7 Å². The number of thioether (sulfide) groups is 1. The summed E-state index contributed by atoms with van der Waals surface area (Å²) >= 11 is 4.56. The molecule has 1 aromatic heterocycles. The van der Waals surface area contributed by atoms with E-state index in [4.69, 9.17) is 9.15 Å². The van der Waals surface area contributed by atoms with Crippen LogP contribution in [0.5, 0.6) is 5.75 Å². The molecular weight excluding hydrogens is 404 g/mol. The van der Waals surface area contributed by atoms with Gasteiger partial charge in [-0.2, -0.15) is 0 Å². The Hall–Kier alpha value is -2.12. The molecule has 0 aliphatic rings. The van der Waals surface area contributed by atoms with Crippen LogP contribution in [0.25, 0.3) is 0 Å². The molecule has 0 aliphatic carbocycles. The smallest absolute Gasteiger partial charge is 0.277 e. The molecule has 0 spiro atoms. The molecule has 0 amide bonds. The van der Waals surface area contributed by atoms with E-state index < -0.39 is 0 Å². The largest absolute Gasteiger partial charge is 0.484 e. The van der Waals surface area contributed by atoms with E-state index in [0.717, 1.165) is 15.8 Å². The monoisotopic (exact) mass is 418 g/mol. The molecule has 5 nitrogen and oxygen atoms in total. The number of hydrogen-bond acceptors (Lipinski definition) is 6. The normalized spacial score (nSPS) is 10.6. The highest BCUT2D eigenvalue weighted by molar-refractivity contribution is 9.10. The van der Waals surface area contributed by atoms with Crippen LogP contribution in [0.15, 0.2) is 62.6 Å². The second-order valence-electron chi connectivity index (χ2n) is 5.29. The van der Waals surface area contributed by atoms with Crippen molar-refractivity contribution >= 4 is 33.5 Å². The molecule has 0 saturated carbocycles. The molecule has 0 fully saturated rings. The zero-order valence-corrected chi connectivity index (χ0v) is 15.8. The van der Waals surface area contributed by atoms with Crippen LogP contribution in [0, 0.1) is 6.92 Å². The number of halogens is 1. The van der Waals surface area contributed by atoms with E-state index >= 15 is 0 Å². The zero-order chi connectivity index (χ0) is 17.6. The molecule has 0 unspecified atom stereocenters. The highest BCUT2D eigenvalue weighted by Gasteiger charge is 2.12. The van der Waals surface area contributed by atoms with Crippen molar-refractivity contribution in [3.05, 3.63) is 70.0 Å². The Kier molecular flexibility index (Phi) is 5.88. The summed E-state index contributed by atoms with van der Waals surface area (Å²) in [6, 6.07) is 15.0. The Morgan fingerprint density at radius 1 is 1.20 bits per heavy atom. The van der Waals surface area contributed by atoms with Crippen molar-refractivity contribution in [3.8, 4) is 5.75 Å². The molecule has 128 valence electrons. The number of rotatable bonds is 7. The number of carbonyl (C=O) groups excluding carboxylic acids is 1. The number of aryl methyl sites for hydroxylation is 1. The van der Waals surface area contributed by atoms with Crippen molar-refractivity contribution in [2.45, 2.75) is 18.8 Å². The number of benzene rings is 2. The predicted octanol–water partition coefficient (Wildman–Crippen LogP) is 4.69. The van der Waals surface area contributed by atoms with Crippen LogP contribution < -0.4 is 4.74 Å². The first kappa shape index (κ1) is 17.7. The molecule has 0 atom stereocenters. The summed E-state index contributed by atoms with van der Waals surface area (Å²) in [6.07, 6.45) is 0. The quantitative estimate of drug-likeness (QED) is 0.409. The maximum absolute atomic E-state index is 12.1. The van der Waals surface area contributed by atoms with Gasteiger partial charge in [-0.25, -0.2) is 0 Å². The number of ketones is 1. The van der Waals surface area contributed by atoms with Crippen molar-refractivity contribution < 1.29 is 13.9 Å². The van der Waals surface area contributed by atoms with Gasteiger partial charge in [-0.3, -0.25) is 4.79 Å². The Labute approximate surface area is 157 Å². The van der Waals surface area contributed by atoms with Gasteiger partial charge in [-0.05, 0) is 36.8 Å². The molecule has 0 saturated heterocycles. The van der Waals surface area contributed by atoms with Crippen molar-refractivity contribution in [1.82, 2.24) is 10.2 Å². The summed E-state index contributed by atoms with van der Waals surface area (Å²) < 4.78 is 12.0. The summed E-state index contributed by atoms with van der Waals surface area (Å²) in [5.74, 6) is 1.37. The fourth-order valence-electron chi connectivity index (χ4n) is 2.05. The van der Waals surface area contributed by atoms with E-state index in [9.17, 15) is 4.79 Å². The van der Waals surface area contributed by atoms with Crippen LogP contribution in [-0.4, -0.2) is 21.7 Å². The van der Waals surface area contributed by atoms with E-state index in [1.165, 1.54) is 11.8 Å². The van der Waals surface area contributed by atoms with E-state index in [1.54, 1.807) is 12.1 Å². The van der Waals surface area contributed by atoms with Gasteiger partial charge in [0.15, 0.2) is 12.4 Å². The lowest BCUT2D eigenvalue weighted by atomic mass is 10.2.